The van der Waals surface area contributed by atoms with Gasteiger partial charge in [0, 0.05) is 9.38 Å². The molecular weight excluding hydrogens is 293 g/mol. The number of hydrogen-bond acceptors (Lipinski definition) is 1. The van der Waals surface area contributed by atoms with Crippen LogP contribution in [-0.2, 0) is 0 Å². The van der Waals surface area contributed by atoms with Crippen molar-refractivity contribution in [2.45, 2.75) is 0 Å². The molecule has 0 saturated heterocycles. The Morgan fingerprint density at radius 2 is 2.08 bits per heavy atom. The highest BCUT2D eigenvalue weighted by Gasteiger charge is 2.07. The number of benzene rings is 1. The van der Waals surface area contributed by atoms with E-state index in [0.717, 1.165) is 0 Å². The molecule has 0 aliphatic rings. The summed E-state index contributed by atoms with van der Waals surface area (Å²) >= 11 is 6.10. The van der Waals surface area contributed by atoms with Gasteiger partial charge in [-0.25, -0.2) is 4.39 Å². The van der Waals surface area contributed by atoms with E-state index in [9.17, 15) is 4.39 Å². The van der Waals surface area contributed by atoms with Crippen LogP contribution in [0.4, 0.5) is 10.1 Å². The lowest BCUT2D eigenvalue weighted by molar-refractivity contribution is 0.622. The highest BCUT2D eigenvalue weighted by atomic mass is 79.9. The van der Waals surface area contributed by atoms with Crippen molar-refractivity contribution >= 4 is 37.5 Å². The van der Waals surface area contributed by atoms with E-state index in [-0.39, 0.29) is 10.2 Å². The largest absolute Gasteiger partial charge is 0.205 e. The normalized spacial score (nSPS) is 9.25. The van der Waals surface area contributed by atoms with Crippen molar-refractivity contribution in [2.24, 2.45) is 5.11 Å². The Hall–Kier alpha value is -0.580. The molecule has 0 aliphatic carbocycles. The summed E-state index contributed by atoms with van der Waals surface area (Å²) in [5.74, 6) is -0.567. The van der Waals surface area contributed by atoms with Gasteiger partial charge < -0.3 is 0 Å². The molecular formula is C6H2Br2FN3. The van der Waals surface area contributed by atoms with Crippen LogP contribution in [0, 0.1) is 5.82 Å². The van der Waals surface area contributed by atoms with Crippen molar-refractivity contribution in [1.29, 1.82) is 0 Å². The zero-order chi connectivity index (χ0) is 9.14. The maximum absolute atomic E-state index is 13.1. The van der Waals surface area contributed by atoms with Gasteiger partial charge in [0.15, 0.2) is 0 Å². The van der Waals surface area contributed by atoms with Gasteiger partial charge in [-0.05, 0) is 49.5 Å². The standard InChI is InChI=1S/C6H2Br2FN3/c7-3-1-2-4(11-12-10)6(9)5(3)8/h1-2H. The summed E-state index contributed by atoms with van der Waals surface area (Å²) in [6, 6.07) is 2.99. The molecule has 0 unspecified atom stereocenters. The van der Waals surface area contributed by atoms with Crippen LogP contribution in [-0.4, -0.2) is 0 Å². The van der Waals surface area contributed by atoms with E-state index in [1.54, 1.807) is 6.07 Å². The van der Waals surface area contributed by atoms with E-state index in [2.05, 4.69) is 41.9 Å². The van der Waals surface area contributed by atoms with Gasteiger partial charge in [0.05, 0.1) is 10.2 Å². The highest BCUT2D eigenvalue weighted by molar-refractivity contribution is 9.13. The first-order valence-electron chi connectivity index (χ1n) is 2.85. The first-order chi connectivity index (χ1) is 5.66. The molecule has 0 heterocycles. The van der Waals surface area contributed by atoms with Crippen molar-refractivity contribution in [3.63, 3.8) is 0 Å². The number of halogens is 3. The molecule has 6 heteroatoms. The van der Waals surface area contributed by atoms with Gasteiger partial charge >= 0.3 is 0 Å². The van der Waals surface area contributed by atoms with Gasteiger partial charge in [0.2, 0.25) is 0 Å². The van der Waals surface area contributed by atoms with Gasteiger partial charge in [0.25, 0.3) is 0 Å². The zero-order valence-corrected chi connectivity index (χ0v) is 8.80. The van der Waals surface area contributed by atoms with Crippen LogP contribution in [0.15, 0.2) is 26.2 Å². The Morgan fingerprint density at radius 3 is 2.67 bits per heavy atom. The van der Waals surface area contributed by atoms with Gasteiger partial charge in [-0.3, -0.25) is 0 Å². The SMILES string of the molecule is [N-]=[N+]=Nc1ccc(Br)c(Br)c1F. The average molecular weight is 295 g/mol. The van der Waals surface area contributed by atoms with Crippen LogP contribution >= 0.6 is 31.9 Å². The maximum Gasteiger partial charge on any atom is 0.148 e. The van der Waals surface area contributed by atoms with E-state index in [1.165, 1.54) is 6.07 Å². The van der Waals surface area contributed by atoms with Crippen LogP contribution in [0.3, 0.4) is 0 Å². The fourth-order valence-electron chi connectivity index (χ4n) is 0.641. The Kier molecular flexibility index (Phi) is 3.08. The summed E-state index contributed by atoms with van der Waals surface area (Å²) in [4.78, 5) is 2.49. The number of hydrogen-bond donors (Lipinski definition) is 0. The van der Waals surface area contributed by atoms with Gasteiger partial charge in [-0.2, -0.15) is 0 Å². The van der Waals surface area contributed by atoms with E-state index < -0.39 is 5.82 Å². The fraction of sp³-hybridized carbons (Fsp3) is 0. The van der Waals surface area contributed by atoms with Crippen LogP contribution in [0.2, 0.25) is 0 Å². The smallest absolute Gasteiger partial charge is 0.148 e. The minimum atomic E-state index is -0.567. The van der Waals surface area contributed by atoms with Gasteiger partial charge in [-0.15, -0.1) is 0 Å². The lowest BCUT2D eigenvalue weighted by Crippen LogP contribution is -1.78. The molecule has 0 fully saturated rings. The summed E-state index contributed by atoms with van der Waals surface area (Å²) in [5.41, 5.74) is 8.05. The Morgan fingerprint density at radius 1 is 1.42 bits per heavy atom. The Labute approximate surface area is 84.5 Å². The number of nitrogens with zero attached hydrogens (tertiary/aromatic N) is 3. The summed E-state index contributed by atoms with van der Waals surface area (Å²) in [5, 5.41) is 3.16. The summed E-state index contributed by atoms with van der Waals surface area (Å²) < 4.78 is 13.9. The third-order valence-electron chi connectivity index (χ3n) is 1.17. The highest BCUT2D eigenvalue weighted by Crippen LogP contribution is 2.31. The zero-order valence-electron chi connectivity index (χ0n) is 5.63. The molecule has 1 aromatic carbocycles. The second-order valence-corrected chi connectivity index (χ2v) is 3.53. The molecule has 3 nitrogen and oxygen atoms in total. The van der Waals surface area contributed by atoms with Crippen molar-refractivity contribution < 1.29 is 4.39 Å². The van der Waals surface area contributed by atoms with Crippen LogP contribution in [0.5, 0.6) is 0 Å². The summed E-state index contributed by atoms with van der Waals surface area (Å²) in [6.45, 7) is 0. The van der Waals surface area contributed by atoms with Crippen LogP contribution in [0.25, 0.3) is 10.4 Å². The Bertz CT molecular complexity index is 360. The average Bonchev–Trinajstić information content (AvgIpc) is 2.07. The third kappa shape index (κ3) is 1.77. The molecule has 0 bridgehead atoms. The molecule has 0 radical (unpaired) electrons. The molecule has 12 heavy (non-hydrogen) atoms. The molecule has 0 spiro atoms. The summed E-state index contributed by atoms with van der Waals surface area (Å²) in [7, 11) is 0. The van der Waals surface area contributed by atoms with E-state index >= 15 is 0 Å². The minimum Gasteiger partial charge on any atom is -0.205 e. The Balaban J connectivity index is 3.35. The quantitative estimate of drug-likeness (QED) is 0.321. The lowest BCUT2D eigenvalue weighted by Gasteiger charge is -1.99. The molecule has 0 aliphatic heterocycles. The first kappa shape index (κ1) is 9.51. The van der Waals surface area contributed by atoms with Crippen molar-refractivity contribution in [3.8, 4) is 0 Å². The van der Waals surface area contributed by atoms with Crippen LogP contribution < -0.4 is 0 Å². The van der Waals surface area contributed by atoms with E-state index in [1.807, 2.05) is 0 Å². The molecule has 1 aromatic rings. The topological polar surface area (TPSA) is 48.8 Å². The van der Waals surface area contributed by atoms with Crippen molar-refractivity contribution in [1.82, 2.24) is 0 Å². The maximum atomic E-state index is 13.1. The molecule has 1 rings (SSSR count). The number of azide groups is 1. The van der Waals surface area contributed by atoms with Gasteiger partial charge in [0.1, 0.15) is 5.82 Å². The van der Waals surface area contributed by atoms with Gasteiger partial charge in [-0.1, -0.05) is 5.11 Å². The molecule has 0 N–H and O–H groups in total. The predicted molar refractivity (Wildman–Crippen MR) is 50.6 cm³/mol. The fourth-order valence-corrected chi connectivity index (χ4v) is 1.28. The molecule has 62 valence electrons. The van der Waals surface area contributed by atoms with Crippen molar-refractivity contribution in [2.75, 3.05) is 0 Å². The molecule has 0 aromatic heterocycles. The molecule has 0 amide bonds. The number of rotatable bonds is 1. The molecule has 0 saturated carbocycles. The summed E-state index contributed by atoms with van der Waals surface area (Å²) in [6.07, 6.45) is 0. The molecule has 0 atom stereocenters. The third-order valence-corrected chi connectivity index (χ3v) is 3.14. The second-order valence-electron chi connectivity index (χ2n) is 1.88. The van der Waals surface area contributed by atoms with E-state index in [0.29, 0.717) is 4.47 Å². The monoisotopic (exact) mass is 293 g/mol. The lowest BCUT2D eigenvalue weighted by atomic mass is 10.3. The first-order valence-corrected chi connectivity index (χ1v) is 4.44. The van der Waals surface area contributed by atoms with E-state index in [4.69, 9.17) is 5.53 Å². The predicted octanol–water partition coefficient (Wildman–Crippen LogP) is 4.29. The van der Waals surface area contributed by atoms with Crippen molar-refractivity contribution in [3.05, 3.63) is 37.3 Å². The second kappa shape index (κ2) is 3.89. The minimum absolute atomic E-state index is 0.0208. The van der Waals surface area contributed by atoms with Crippen LogP contribution in [0.1, 0.15) is 0 Å².